The van der Waals surface area contributed by atoms with Gasteiger partial charge in [0.25, 0.3) is 10.0 Å². The number of anilines is 4. The molecule has 1 aliphatic heterocycles. The zero-order valence-electron chi connectivity index (χ0n) is 20.9. The number of hydrogen-bond acceptors (Lipinski definition) is 7. The van der Waals surface area contributed by atoms with E-state index >= 15 is 0 Å². The number of nitrogens with zero attached hydrogens (tertiary/aromatic N) is 3. The minimum atomic E-state index is -3.71. The molecule has 1 saturated heterocycles. The lowest BCUT2D eigenvalue weighted by Gasteiger charge is -2.10. The van der Waals surface area contributed by atoms with Gasteiger partial charge in [-0.15, -0.1) is 5.10 Å². The zero-order valence-corrected chi connectivity index (χ0v) is 21.7. The number of aromatic nitrogens is 3. The molecule has 0 aliphatic carbocycles. The summed E-state index contributed by atoms with van der Waals surface area (Å²) in [5.41, 5.74) is 5.38. The SMILES string of the molecule is CC(=O)Nc1ccc(Nc2nc3c(-c4ccc(NS(=O)(=O)c5ccc(C6CN6)cc5)cc4)cccn3n2)cc1. The highest BCUT2D eigenvalue weighted by Gasteiger charge is 2.23. The smallest absolute Gasteiger partial charge is 0.261 e. The van der Waals surface area contributed by atoms with Gasteiger partial charge in [0.15, 0.2) is 5.65 Å². The van der Waals surface area contributed by atoms with Gasteiger partial charge in [-0.25, -0.2) is 12.9 Å². The summed E-state index contributed by atoms with van der Waals surface area (Å²) in [6, 6.07) is 25.5. The van der Waals surface area contributed by atoms with Crippen molar-refractivity contribution in [2.75, 3.05) is 21.9 Å². The number of carbonyl (C=O) groups is 1. The monoisotopic (exact) mass is 539 g/mol. The summed E-state index contributed by atoms with van der Waals surface area (Å²) in [4.78, 5) is 16.1. The Kier molecular flexibility index (Phi) is 6.21. The highest BCUT2D eigenvalue weighted by atomic mass is 32.2. The van der Waals surface area contributed by atoms with Crippen molar-refractivity contribution < 1.29 is 13.2 Å². The van der Waals surface area contributed by atoms with Crippen LogP contribution in [0.1, 0.15) is 18.5 Å². The van der Waals surface area contributed by atoms with E-state index in [0.29, 0.717) is 29.0 Å². The Labute approximate surface area is 225 Å². The molecule has 0 bridgehead atoms. The molecular weight excluding hydrogens is 514 g/mol. The summed E-state index contributed by atoms with van der Waals surface area (Å²) in [7, 11) is -3.71. The lowest BCUT2D eigenvalue weighted by Crippen LogP contribution is -2.12. The van der Waals surface area contributed by atoms with Crippen molar-refractivity contribution in [2.24, 2.45) is 0 Å². The largest absolute Gasteiger partial charge is 0.326 e. The van der Waals surface area contributed by atoms with Crippen LogP contribution < -0.4 is 20.7 Å². The number of nitrogens with one attached hydrogen (secondary N) is 4. The molecule has 0 radical (unpaired) electrons. The van der Waals surface area contributed by atoms with Gasteiger partial charge in [-0.2, -0.15) is 4.98 Å². The van der Waals surface area contributed by atoms with E-state index in [1.165, 1.54) is 6.92 Å². The number of pyridine rings is 1. The van der Waals surface area contributed by atoms with Gasteiger partial charge in [0.05, 0.1) is 4.90 Å². The van der Waals surface area contributed by atoms with Crippen LogP contribution in [-0.2, 0) is 14.8 Å². The van der Waals surface area contributed by atoms with E-state index in [4.69, 9.17) is 0 Å². The predicted molar refractivity (Wildman–Crippen MR) is 150 cm³/mol. The number of carbonyl (C=O) groups excluding carboxylic acids is 1. The average Bonchev–Trinajstić information content (AvgIpc) is 3.69. The highest BCUT2D eigenvalue weighted by Crippen LogP contribution is 2.28. The molecule has 0 saturated carbocycles. The van der Waals surface area contributed by atoms with Crippen molar-refractivity contribution in [3.05, 3.63) is 96.7 Å². The van der Waals surface area contributed by atoms with Gasteiger partial charge in [0, 0.05) is 48.3 Å². The Morgan fingerprint density at radius 1 is 0.923 bits per heavy atom. The number of amides is 1. The highest BCUT2D eigenvalue weighted by molar-refractivity contribution is 7.92. The summed E-state index contributed by atoms with van der Waals surface area (Å²) in [6.07, 6.45) is 1.81. The van der Waals surface area contributed by atoms with Crippen molar-refractivity contribution in [3.8, 4) is 11.1 Å². The third kappa shape index (κ3) is 5.44. The van der Waals surface area contributed by atoms with Crippen LogP contribution in [0.2, 0.25) is 0 Å². The Morgan fingerprint density at radius 2 is 1.59 bits per heavy atom. The first kappa shape index (κ1) is 24.6. The number of fused-ring (bicyclic) bond motifs is 1. The molecule has 10 nitrogen and oxygen atoms in total. The molecule has 3 aromatic carbocycles. The molecule has 39 heavy (non-hydrogen) atoms. The number of benzene rings is 3. The van der Waals surface area contributed by atoms with Crippen LogP contribution in [0.15, 0.2) is 96.0 Å². The van der Waals surface area contributed by atoms with Crippen LogP contribution in [0.5, 0.6) is 0 Å². The average molecular weight is 540 g/mol. The van der Waals surface area contributed by atoms with Crippen molar-refractivity contribution >= 4 is 44.6 Å². The van der Waals surface area contributed by atoms with E-state index in [0.717, 1.165) is 28.9 Å². The number of rotatable bonds is 8. The molecule has 196 valence electrons. The van der Waals surface area contributed by atoms with Crippen molar-refractivity contribution in [3.63, 3.8) is 0 Å². The molecular formula is C28H25N7O3S. The van der Waals surface area contributed by atoms with Crippen molar-refractivity contribution in [1.29, 1.82) is 0 Å². The summed E-state index contributed by atoms with van der Waals surface area (Å²) in [5.74, 6) is 0.287. The van der Waals surface area contributed by atoms with E-state index in [9.17, 15) is 13.2 Å². The first-order chi connectivity index (χ1) is 18.8. The van der Waals surface area contributed by atoms with Gasteiger partial charge in [0.2, 0.25) is 11.9 Å². The van der Waals surface area contributed by atoms with E-state index in [1.807, 2.05) is 54.7 Å². The topological polar surface area (TPSA) is 139 Å². The van der Waals surface area contributed by atoms with Crippen LogP contribution in [0, 0.1) is 0 Å². The summed E-state index contributed by atoms with van der Waals surface area (Å²) >= 11 is 0. The second kappa shape index (κ2) is 9.86. The lowest BCUT2D eigenvalue weighted by molar-refractivity contribution is -0.114. The van der Waals surface area contributed by atoms with Crippen LogP contribution in [-0.4, -0.2) is 35.5 Å². The van der Waals surface area contributed by atoms with Gasteiger partial charge < -0.3 is 16.0 Å². The fourth-order valence-corrected chi connectivity index (χ4v) is 5.32. The zero-order chi connectivity index (χ0) is 27.0. The Morgan fingerprint density at radius 3 is 2.26 bits per heavy atom. The van der Waals surface area contributed by atoms with E-state index in [-0.39, 0.29) is 10.8 Å². The molecule has 6 rings (SSSR count). The lowest BCUT2D eigenvalue weighted by atomic mass is 10.1. The van der Waals surface area contributed by atoms with Gasteiger partial charge in [0.1, 0.15) is 0 Å². The van der Waals surface area contributed by atoms with E-state index in [1.54, 1.807) is 40.9 Å². The summed E-state index contributed by atoms with van der Waals surface area (Å²) in [5, 5.41) is 13.6. The van der Waals surface area contributed by atoms with Crippen molar-refractivity contribution in [1.82, 2.24) is 19.9 Å². The van der Waals surface area contributed by atoms with Crippen LogP contribution in [0.25, 0.3) is 16.8 Å². The third-order valence-electron chi connectivity index (χ3n) is 6.27. The fourth-order valence-electron chi connectivity index (χ4n) is 4.26. The van der Waals surface area contributed by atoms with Crippen LogP contribution in [0.3, 0.4) is 0 Å². The van der Waals surface area contributed by atoms with Crippen LogP contribution in [0.4, 0.5) is 23.0 Å². The maximum atomic E-state index is 12.9. The number of sulfonamides is 1. The maximum Gasteiger partial charge on any atom is 0.261 e. The second-order valence-corrected chi connectivity index (χ2v) is 10.9. The third-order valence-corrected chi connectivity index (χ3v) is 7.67. The molecule has 0 spiro atoms. The molecule has 1 aliphatic rings. The minimum absolute atomic E-state index is 0.132. The molecule has 11 heteroatoms. The van der Waals surface area contributed by atoms with Crippen LogP contribution >= 0.6 is 0 Å². The van der Waals surface area contributed by atoms with Gasteiger partial charge in [-0.05, 0) is 71.8 Å². The second-order valence-electron chi connectivity index (χ2n) is 9.22. The quantitative estimate of drug-likeness (QED) is 0.212. The van der Waals surface area contributed by atoms with Crippen molar-refractivity contribution in [2.45, 2.75) is 17.9 Å². The first-order valence-electron chi connectivity index (χ1n) is 12.3. The molecule has 1 unspecified atom stereocenters. The van der Waals surface area contributed by atoms with E-state index < -0.39 is 10.0 Å². The Bertz CT molecular complexity index is 1760. The van der Waals surface area contributed by atoms with Gasteiger partial charge in [-0.1, -0.05) is 24.3 Å². The molecule has 5 aromatic rings. The molecule has 4 N–H and O–H groups in total. The van der Waals surface area contributed by atoms with Gasteiger partial charge in [-0.3, -0.25) is 9.52 Å². The standard InChI is InChI=1S/C28H25N7O3S/c1-18(36)30-21-10-12-22(13-11-21)31-28-32-27-25(3-2-16-35(27)33-28)19-4-8-23(9-5-19)34-39(37,38)24-14-6-20(7-15-24)26-17-29-26/h2-16,26,29,34H,17H2,1H3,(H,30,36)(H,31,33). The molecule has 1 atom stereocenters. The minimum Gasteiger partial charge on any atom is -0.326 e. The molecule has 3 heterocycles. The summed E-state index contributed by atoms with van der Waals surface area (Å²) in [6.45, 7) is 2.38. The fraction of sp³-hybridized carbons (Fsp3) is 0.107. The normalized spacial score (nSPS) is 14.6. The Balaban J connectivity index is 1.19. The molecule has 1 amide bonds. The summed E-state index contributed by atoms with van der Waals surface area (Å²) < 4.78 is 30.1. The van der Waals surface area contributed by atoms with E-state index in [2.05, 4.69) is 30.8 Å². The first-order valence-corrected chi connectivity index (χ1v) is 13.8. The predicted octanol–water partition coefficient (Wildman–Crippen LogP) is 4.54. The molecule has 1 fully saturated rings. The Hall–Kier alpha value is -4.74. The molecule has 2 aromatic heterocycles. The maximum absolute atomic E-state index is 12.9. The number of hydrogen-bond donors (Lipinski definition) is 4. The van der Waals surface area contributed by atoms with Gasteiger partial charge >= 0.3 is 0 Å².